The maximum atomic E-state index is 11.9. The van der Waals surface area contributed by atoms with Gasteiger partial charge in [0.15, 0.2) is 0 Å². The number of hydrogen-bond acceptors (Lipinski definition) is 6. The van der Waals surface area contributed by atoms with E-state index in [1.165, 1.54) is 0 Å². The van der Waals surface area contributed by atoms with Gasteiger partial charge in [0.2, 0.25) is 9.47 Å². The molecule has 1 aliphatic heterocycles. The maximum absolute atomic E-state index is 11.9. The normalized spacial score (nSPS) is 15.0. The molecule has 0 bridgehead atoms. The zero-order chi connectivity index (χ0) is 14.7. The fraction of sp³-hybridized carbons (Fsp3) is 0.308. The first-order valence-corrected chi connectivity index (χ1v) is 7.65. The molecule has 2 aromatic rings. The van der Waals surface area contributed by atoms with E-state index in [2.05, 4.69) is 20.4 Å². The van der Waals surface area contributed by atoms with Crippen molar-refractivity contribution < 1.29 is 9.53 Å². The molecule has 110 valence electrons. The molecule has 0 unspecified atom stereocenters. The number of halogens is 1. The van der Waals surface area contributed by atoms with E-state index in [1.54, 1.807) is 0 Å². The summed E-state index contributed by atoms with van der Waals surface area (Å²) in [5.74, 6) is -0.307. The SMILES string of the molecule is O=C(Nc1ccc(N2CCOCC2)cc1)c1nnc(Cl)s1. The minimum Gasteiger partial charge on any atom is -0.378 e. The first-order valence-electron chi connectivity index (χ1n) is 6.45. The molecule has 0 radical (unpaired) electrons. The molecule has 0 aliphatic carbocycles. The lowest BCUT2D eigenvalue weighted by Crippen LogP contribution is -2.36. The summed E-state index contributed by atoms with van der Waals surface area (Å²) >= 11 is 6.71. The summed E-state index contributed by atoms with van der Waals surface area (Å²) in [6.07, 6.45) is 0. The molecule has 6 nitrogen and oxygen atoms in total. The van der Waals surface area contributed by atoms with Crippen LogP contribution < -0.4 is 10.2 Å². The second kappa shape index (κ2) is 6.38. The van der Waals surface area contributed by atoms with Crippen molar-refractivity contribution in [2.75, 3.05) is 36.5 Å². The van der Waals surface area contributed by atoms with Crippen molar-refractivity contribution in [3.05, 3.63) is 33.7 Å². The lowest BCUT2D eigenvalue weighted by molar-refractivity contribution is 0.102. The van der Waals surface area contributed by atoms with Gasteiger partial charge in [0.05, 0.1) is 13.2 Å². The lowest BCUT2D eigenvalue weighted by Gasteiger charge is -2.28. The van der Waals surface area contributed by atoms with Gasteiger partial charge in [0, 0.05) is 24.5 Å². The Balaban J connectivity index is 1.65. The van der Waals surface area contributed by atoms with E-state index in [-0.39, 0.29) is 15.4 Å². The number of carbonyl (C=O) groups is 1. The van der Waals surface area contributed by atoms with Crippen molar-refractivity contribution in [1.82, 2.24) is 10.2 Å². The smallest absolute Gasteiger partial charge is 0.286 e. The van der Waals surface area contributed by atoms with E-state index in [0.29, 0.717) is 5.69 Å². The molecule has 0 atom stereocenters. The quantitative estimate of drug-likeness (QED) is 0.938. The van der Waals surface area contributed by atoms with Gasteiger partial charge in [-0.25, -0.2) is 0 Å². The fourth-order valence-electron chi connectivity index (χ4n) is 2.06. The third-order valence-electron chi connectivity index (χ3n) is 3.10. The van der Waals surface area contributed by atoms with Crippen molar-refractivity contribution >= 4 is 40.2 Å². The Morgan fingerprint density at radius 1 is 1.24 bits per heavy atom. The van der Waals surface area contributed by atoms with Gasteiger partial charge in [-0.1, -0.05) is 11.3 Å². The predicted molar refractivity (Wildman–Crippen MR) is 82.3 cm³/mol. The van der Waals surface area contributed by atoms with Crippen LogP contribution in [0.4, 0.5) is 11.4 Å². The molecule has 2 heterocycles. The van der Waals surface area contributed by atoms with Gasteiger partial charge in [-0.2, -0.15) is 0 Å². The molecule has 0 saturated carbocycles. The highest BCUT2D eigenvalue weighted by atomic mass is 35.5. The number of anilines is 2. The van der Waals surface area contributed by atoms with E-state index in [1.807, 2.05) is 24.3 Å². The molecule has 1 fully saturated rings. The highest BCUT2D eigenvalue weighted by Crippen LogP contribution is 2.20. The van der Waals surface area contributed by atoms with Gasteiger partial charge in [-0.15, -0.1) is 10.2 Å². The number of morpholine rings is 1. The molecule has 0 spiro atoms. The Hall–Kier alpha value is -1.70. The Morgan fingerprint density at radius 3 is 2.57 bits per heavy atom. The average molecular weight is 325 g/mol. The van der Waals surface area contributed by atoms with Crippen LogP contribution in [0.3, 0.4) is 0 Å². The molecule has 8 heteroatoms. The third-order valence-corrected chi connectivity index (χ3v) is 4.11. The third kappa shape index (κ3) is 3.49. The van der Waals surface area contributed by atoms with Gasteiger partial charge in [-0.05, 0) is 35.9 Å². The largest absolute Gasteiger partial charge is 0.378 e. The summed E-state index contributed by atoms with van der Waals surface area (Å²) in [6, 6.07) is 7.69. The Morgan fingerprint density at radius 2 is 1.95 bits per heavy atom. The molecular weight excluding hydrogens is 312 g/mol. The predicted octanol–water partition coefficient (Wildman–Crippen LogP) is 2.28. The van der Waals surface area contributed by atoms with Gasteiger partial charge in [-0.3, -0.25) is 4.79 Å². The van der Waals surface area contributed by atoms with Crippen LogP contribution in [0.2, 0.25) is 4.47 Å². The van der Waals surface area contributed by atoms with Crippen molar-refractivity contribution in [1.29, 1.82) is 0 Å². The van der Waals surface area contributed by atoms with Crippen LogP contribution in [-0.4, -0.2) is 42.4 Å². The highest BCUT2D eigenvalue weighted by molar-refractivity contribution is 7.17. The highest BCUT2D eigenvalue weighted by Gasteiger charge is 2.13. The van der Waals surface area contributed by atoms with Crippen LogP contribution >= 0.6 is 22.9 Å². The van der Waals surface area contributed by atoms with Crippen molar-refractivity contribution in [2.45, 2.75) is 0 Å². The van der Waals surface area contributed by atoms with E-state index in [0.717, 1.165) is 43.3 Å². The van der Waals surface area contributed by atoms with Crippen LogP contribution in [0.1, 0.15) is 9.80 Å². The number of benzene rings is 1. The van der Waals surface area contributed by atoms with Crippen LogP contribution in [-0.2, 0) is 4.74 Å². The van der Waals surface area contributed by atoms with Crippen LogP contribution in [0.15, 0.2) is 24.3 Å². The Bertz CT molecular complexity index is 625. The van der Waals surface area contributed by atoms with E-state index >= 15 is 0 Å². The molecular formula is C13H13ClN4O2S. The van der Waals surface area contributed by atoms with Gasteiger partial charge in [0.25, 0.3) is 5.91 Å². The zero-order valence-electron chi connectivity index (χ0n) is 11.1. The number of rotatable bonds is 3. The van der Waals surface area contributed by atoms with Crippen LogP contribution in [0.5, 0.6) is 0 Å². The molecule has 1 aromatic heterocycles. The monoisotopic (exact) mass is 324 g/mol. The number of nitrogens with zero attached hydrogens (tertiary/aromatic N) is 3. The summed E-state index contributed by atoms with van der Waals surface area (Å²) in [5.41, 5.74) is 1.83. The summed E-state index contributed by atoms with van der Waals surface area (Å²) in [4.78, 5) is 14.2. The van der Waals surface area contributed by atoms with Crippen molar-refractivity contribution in [2.24, 2.45) is 0 Å². The van der Waals surface area contributed by atoms with E-state index in [4.69, 9.17) is 16.3 Å². The minimum atomic E-state index is -0.307. The van der Waals surface area contributed by atoms with Crippen molar-refractivity contribution in [3.8, 4) is 0 Å². The van der Waals surface area contributed by atoms with Gasteiger partial charge >= 0.3 is 0 Å². The average Bonchev–Trinajstić information content (AvgIpc) is 2.96. The van der Waals surface area contributed by atoms with E-state index < -0.39 is 0 Å². The molecule has 1 aliphatic rings. The summed E-state index contributed by atoms with van der Waals surface area (Å²) in [7, 11) is 0. The van der Waals surface area contributed by atoms with Gasteiger partial charge in [0.1, 0.15) is 0 Å². The molecule has 1 saturated heterocycles. The second-order valence-corrected chi connectivity index (χ2v) is 6.02. The summed E-state index contributed by atoms with van der Waals surface area (Å²) < 4.78 is 5.58. The number of hydrogen-bond donors (Lipinski definition) is 1. The Kier molecular flexibility index (Phi) is 4.33. The first-order chi connectivity index (χ1) is 10.2. The number of nitrogens with one attached hydrogen (secondary N) is 1. The van der Waals surface area contributed by atoms with E-state index in [9.17, 15) is 4.79 Å². The zero-order valence-corrected chi connectivity index (χ0v) is 12.7. The van der Waals surface area contributed by atoms with Crippen LogP contribution in [0, 0.1) is 0 Å². The number of carbonyl (C=O) groups excluding carboxylic acids is 1. The van der Waals surface area contributed by atoms with Crippen molar-refractivity contribution in [3.63, 3.8) is 0 Å². The molecule has 1 amide bonds. The standard InChI is InChI=1S/C13H13ClN4O2S/c14-13-17-16-12(21-13)11(19)15-9-1-3-10(4-2-9)18-5-7-20-8-6-18/h1-4H,5-8H2,(H,15,19). The molecule has 1 aromatic carbocycles. The van der Waals surface area contributed by atoms with Crippen LogP contribution in [0.25, 0.3) is 0 Å². The maximum Gasteiger partial charge on any atom is 0.286 e. The van der Waals surface area contributed by atoms with Gasteiger partial charge < -0.3 is 15.0 Å². The lowest BCUT2D eigenvalue weighted by atomic mass is 10.2. The topological polar surface area (TPSA) is 67.4 Å². The Labute approximate surface area is 130 Å². The molecule has 21 heavy (non-hydrogen) atoms. The number of amides is 1. The molecule has 3 rings (SSSR count). The number of ether oxygens (including phenoxy) is 1. The minimum absolute atomic E-state index is 0.247. The number of aromatic nitrogens is 2. The fourth-order valence-corrected chi connectivity index (χ4v) is 2.78. The summed E-state index contributed by atoms with van der Waals surface area (Å²) in [5, 5.41) is 10.3. The first kappa shape index (κ1) is 14.2. The molecule has 1 N–H and O–H groups in total. The second-order valence-electron chi connectivity index (χ2n) is 4.46. The summed E-state index contributed by atoms with van der Waals surface area (Å²) in [6.45, 7) is 3.26.